The topological polar surface area (TPSA) is 126 Å². The van der Waals surface area contributed by atoms with Gasteiger partial charge in [-0.1, -0.05) is 86.6 Å². The molecule has 3 amide bonds. The number of thiophene rings is 1. The van der Waals surface area contributed by atoms with Gasteiger partial charge in [-0.3, -0.25) is 9.59 Å². The minimum atomic E-state index is -1.04. The molecule has 2 aromatic heterocycles. The van der Waals surface area contributed by atoms with Gasteiger partial charge in [-0.2, -0.15) is 11.3 Å². The Balaban J connectivity index is 1.31. The first kappa shape index (κ1) is 34.9. The summed E-state index contributed by atoms with van der Waals surface area (Å²) in [6.07, 6.45) is 2.53. The smallest absolute Gasteiger partial charge is 0.408 e. The largest absolute Gasteiger partial charge is 0.489 e. The third-order valence-electron chi connectivity index (χ3n) is 7.98. The Bertz CT molecular complexity index is 1750. The van der Waals surface area contributed by atoms with E-state index in [1.165, 1.54) is 22.6 Å². The minimum absolute atomic E-state index is 0.0701. The molecule has 0 aliphatic heterocycles. The van der Waals surface area contributed by atoms with Gasteiger partial charge in [-0.05, 0) is 45.6 Å². The summed E-state index contributed by atoms with van der Waals surface area (Å²) in [5.41, 5.74) is 4.01. The quantitative estimate of drug-likeness (QED) is 0.117. The zero-order chi connectivity index (χ0) is 34.5. The third-order valence-corrected chi connectivity index (χ3v) is 8.71. The summed E-state index contributed by atoms with van der Waals surface area (Å²) in [5.74, 6) is -0.0890. The molecule has 0 aliphatic carbocycles. The molecule has 0 aliphatic rings. The summed E-state index contributed by atoms with van der Waals surface area (Å²) < 4.78 is 11.4. The van der Waals surface area contributed by atoms with Gasteiger partial charge in [0.05, 0.1) is 18.6 Å². The molecular formula is C38H41N5O5S. The van der Waals surface area contributed by atoms with Gasteiger partial charge in [-0.25, -0.2) is 9.78 Å². The number of nitrogens with zero attached hydrogens (tertiary/aromatic N) is 2. The Morgan fingerprint density at radius 2 is 1.63 bits per heavy atom. The number of ether oxygens (including phenoxy) is 2. The summed E-state index contributed by atoms with van der Waals surface area (Å²) in [5, 5.41) is 9.52. The number of amides is 3. The first-order valence-corrected chi connectivity index (χ1v) is 17.0. The number of H-pyrrole nitrogens is 1. The molecule has 0 radical (unpaired) electrons. The minimum Gasteiger partial charge on any atom is -0.489 e. The maximum absolute atomic E-state index is 14.2. The van der Waals surface area contributed by atoms with E-state index in [4.69, 9.17) is 9.47 Å². The van der Waals surface area contributed by atoms with E-state index in [-0.39, 0.29) is 37.4 Å². The predicted molar refractivity (Wildman–Crippen MR) is 189 cm³/mol. The molecule has 3 N–H and O–H groups in total. The number of hydrogen-bond donors (Lipinski definition) is 3. The van der Waals surface area contributed by atoms with Crippen molar-refractivity contribution < 1.29 is 23.9 Å². The van der Waals surface area contributed by atoms with E-state index in [0.29, 0.717) is 24.6 Å². The third kappa shape index (κ3) is 10.8. The number of aromatic nitrogens is 2. The lowest BCUT2D eigenvalue weighted by Crippen LogP contribution is -2.52. The molecule has 0 fully saturated rings. The van der Waals surface area contributed by atoms with Gasteiger partial charge in [0.2, 0.25) is 11.8 Å². The Hall–Kier alpha value is -5.42. The van der Waals surface area contributed by atoms with Crippen molar-refractivity contribution in [2.75, 3.05) is 13.1 Å². The van der Waals surface area contributed by atoms with Crippen LogP contribution in [0.15, 0.2) is 114 Å². The molecule has 0 unspecified atom stereocenters. The highest BCUT2D eigenvalue weighted by Crippen LogP contribution is 2.22. The van der Waals surface area contributed by atoms with Gasteiger partial charge in [0.15, 0.2) is 0 Å². The van der Waals surface area contributed by atoms with Gasteiger partial charge < -0.3 is 30.0 Å². The van der Waals surface area contributed by atoms with Crippen LogP contribution in [-0.4, -0.2) is 51.9 Å². The number of carbonyl (C=O) groups is 3. The van der Waals surface area contributed by atoms with Crippen LogP contribution in [0, 0.1) is 0 Å². The molecule has 11 heteroatoms. The number of rotatable bonds is 16. The molecule has 254 valence electrons. The van der Waals surface area contributed by atoms with E-state index in [1.54, 1.807) is 6.20 Å². The Morgan fingerprint density at radius 1 is 0.898 bits per heavy atom. The van der Waals surface area contributed by atoms with Crippen LogP contribution in [0.3, 0.4) is 0 Å². The molecule has 0 bridgehead atoms. The number of alkyl carbamates (subject to hydrolysis) is 1. The zero-order valence-electron chi connectivity index (χ0n) is 27.6. The van der Waals surface area contributed by atoms with Gasteiger partial charge >= 0.3 is 6.09 Å². The molecule has 10 nitrogen and oxygen atoms in total. The molecule has 3 aromatic carbocycles. The van der Waals surface area contributed by atoms with Crippen molar-refractivity contribution in [3.05, 3.63) is 142 Å². The van der Waals surface area contributed by atoms with Crippen LogP contribution in [0.2, 0.25) is 0 Å². The molecule has 5 rings (SSSR count). The van der Waals surface area contributed by atoms with Gasteiger partial charge in [0.1, 0.15) is 25.0 Å². The summed E-state index contributed by atoms with van der Waals surface area (Å²) in [6.45, 7) is 4.87. The van der Waals surface area contributed by atoms with E-state index in [2.05, 4.69) is 34.4 Å². The second-order valence-corrected chi connectivity index (χ2v) is 13.1. The summed E-state index contributed by atoms with van der Waals surface area (Å²) >= 11 is 1.50. The van der Waals surface area contributed by atoms with Crippen LogP contribution in [0.4, 0.5) is 4.79 Å². The molecule has 49 heavy (non-hydrogen) atoms. The van der Waals surface area contributed by atoms with Crippen molar-refractivity contribution in [1.29, 1.82) is 0 Å². The standard InChI is InChI=1S/C38H41N5O5S/c1-38(2,31-11-7-4-8-12-31)26-40-35(44)22-43(21-28-13-15-33(16-14-28)47-23-29-9-5-3-6-10-29)36(45)34(19-32-20-39-27-41-32)42-37(46)48-24-30-17-18-49-25-30/h3-18,20,25,27,34H,19,21-24,26H2,1-2H3,(H,39,41)(H,40,44)(H,42,46)/t34-/m0/s1. The highest BCUT2D eigenvalue weighted by molar-refractivity contribution is 7.07. The summed E-state index contributed by atoms with van der Waals surface area (Å²) in [7, 11) is 0. The molecule has 2 heterocycles. The van der Waals surface area contributed by atoms with Crippen molar-refractivity contribution >= 4 is 29.2 Å². The monoisotopic (exact) mass is 679 g/mol. The van der Waals surface area contributed by atoms with E-state index >= 15 is 0 Å². The van der Waals surface area contributed by atoms with Crippen molar-refractivity contribution in [1.82, 2.24) is 25.5 Å². The van der Waals surface area contributed by atoms with E-state index in [9.17, 15) is 14.4 Å². The second kappa shape index (κ2) is 17.1. The fourth-order valence-corrected chi connectivity index (χ4v) is 5.80. The van der Waals surface area contributed by atoms with Crippen molar-refractivity contribution in [3.8, 4) is 5.75 Å². The molecular weight excluding hydrogens is 639 g/mol. The SMILES string of the molecule is CC(C)(CNC(=O)CN(Cc1ccc(OCc2ccccc2)cc1)C(=O)[C@H](Cc1c[nH]cn1)NC(=O)OCc1ccsc1)c1ccccc1. The van der Waals surface area contributed by atoms with Crippen LogP contribution in [0.1, 0.15) is 41.8 Å². The lowest BCUT2D eigenvalue weighted by molar-refractivity contribution is -0.138. The molecule has 0 spiro atoms. The maximum atomic E-state index is 14.2. The highest BCUT2D eigenvalue weighted by Gasteiger charge is 2.30. The van der Waals surface area contributed by atoms with Crippen LogP contribution in [0.5, 0.6) is 5.75 Å². The van der Waals surface area contributed by atoms with Gasteiger partial charge in [0.25, 0.3) is 0 Å². The first-order chi connectivity index (χ1) is 23.7. The fourth-order valence-electron chi connectivity index (χ4n) is 5.14. The number of aromatic amines is 1. The van der Waals surface area contributed by atoms with Crippen LogP contribution < -0.4 is 15.4 Å². The first-order valence-electron chi connectivity index (χ1n) is 16.0. The summed E-state index contributed by atoms with van der Waals surface area (Å²) in [6, 6.07) is 28.0. The van der Waals surface area contributed by atoms with Crippen LogP contribution in [0.25, 0.3) is 0 Å². The molecule has 5 aromatic rings. The average Bonchev–Trinajstić information content (AvgIpc) is 3.85. The lowest BCUT2D eigenvalue weighted by atomic mass is 9.84. The Morgan fingerprint density at radius 3 is 2.31 bits per heavy atom. The lowest BCUT2D eigenvalue weighted by Gasteiger charge is -2.29. The second-order valence-electron chi connectivity index (χ2n) is 12.3. The van der Waals surface area contributed by atoms with Crippen molar-refractivity contribution in [2.45, 2.75) is 51.5 Å². The predicted octanol–water partition coefficient (Wildman–Crippen LogP) is 6.01. The Kier molecular flexibility index (Phi) is 12.2. The molecule has 0 saturated carbocycles. The number of imidazole rings is 1. The highest BCUT2D eigenvalue weighted by atomic mass is 32.1. The molecule has 1 atom stereocenters. The average molecular weight is 680 g/mol. The Labute approximate surface area is 290 Å². The number of carbonyl (C=O) groups excluding carboxylic acids is 3. The van der Waals surface area contributed by atoms with Gasteiger partial charge in [0, 0.05) is 36.7 Å². The zero-order valence-corrected chi connectivity index (χ0v) is 28.5. The van der Waals surface area contributed by atoms with Crippen molar-refractivity contribution in [2.24, 2.45) is 0 Å². The van der Waals surface area contributed by atoms with Crippen LogP contribution in [-0.2, 0) is 45.9 Å². The van der Waals surface area contributed by atoms with Gasteiger partial charge in [-0.15, -0.1) is 0 Å². The fraction of sp³-hybridized carbons (Fsp3) is 0.263. The van der Waals surface area contributed by atoms with E-state index in [1.807, 2.05) is 102 Å². The number of hydrogen-bond acceptors (Lipinski definition) is 7. The van der Waals surface area contributed by atoms with E-state index < -0.39 is 18.0 Å². The van der Waals surface area contributed by atoms with E-state index in [0.717, 1.165) is 22.3 Å². The van der Waals surface area contributed by atoms with Crippen molar-refractivity contribution in [3.63, 3.8) is 0 Å². The normalized spacial score (nSPS) is 11.7. The maximum Gasteiger partial charge on any atom is 0.408 e. The number of nitrogens with one attached hydrogen (secondary N) is 3. The number of benzene rings is 3. The molecule has 0 saturated heterocycles. The van der Waals surface area contributed by atoms with Crippen LogP contribution >= 0.6 is 11.3 Å². The summed E-state index contributed by atoms with van der Waals surface area (Å²) in [4.78, 5) is 49.2.